The molecule has 0 bridgehead atoms. The first-order valence-electron chi connectivity index (χ1n) is 6.51. The number of thioether (sulfide) groups is 1. The lowest BCUT2D eigenvalue weighted by Gasteiger charge is -2.08. The number of hydrogen-bond donors (Lipinski definition) is 0. The summed E-state index contributed by atoms with van der Waals surface area (Å²) < 4.78 is 0.982. The van der Waals surface area contributed by atoms with Gasteiger partial charge in [-0.2, -0.15) is 0 Å². The van der Waals surface area contributed by atoms with Crippen LogP contribution in [0.3, 0.4) is 0 Å². The van der Waals surface area contributed by atoms with Gasteiger partial charge in [0.05, 0.1) is 15.0 Å². The van der Waals surface area contributed by atoms with Gasteiger partial charge >= 0.3 is 0 Å². The molecule has 0 N–H and O–H groups in total. The lowest BCUT2D eigenvalue weighted by molar-refractivity contribution is 0.845. The summed E-state index contributed by atoms with van der Waals surface area (Å²) in [4.78, 5) is 10.3. The highest BCUT2D eigenvalue weighted by Crippen LogP contribution is 2.26. The molecule has 2 rings (SSSR count). The zero-order valence-electron chi connectivity index (χ0n) is 11.5. The van der Waals surface area contributed by atoms with Crippen LogP contribution in [0.4, 0.5) is 0 Å². The monoisotopic (exact) mass is 418 g/mol. The number of halogens is 2. The van der Waals surface area contributed by atoms with E-state index in [1.54, 1.807) is 11.8 Å². The molecule has 20 heavy (non-hydrogen) atoms. The van der Waals surface area contributed by atoms with Crippen LogP contribution in [-0.2, 0) is 12.2 Å². The van der Waals surface area contributed by atoms with E-state index in [0.717, 1.165) is 33.7 Å². The summed E-state index contributed by atoms with van der Waals surface area (Å²) in [6, 6.07) is 8.35. The second-order valence-electron chi connectivity index (χ2n) is 4.50. The molecule has 1 heterocycles. The van der Waals surface area contributed by atoms with E-state index in [1.807, 2.05) is 0 Å². The van der Waals surface area contributed by atoms with Crippen LogP contribution in [0.1, 0.15) is 30.4 Å². The minimum absolute atomic E-state index is 0.574. The summed E-state index contributed by atoms with van der Waals surface area (Å²) in [6.45, 7) is 4.26. The Morgan fingerprint density at radius 3 is 2.70 bits per heavy atom. The zero-order chi connectivity index (χ0) is 14.5. The second-order valence-corrected chi connectivity index (χ2v) is 6.95. The average Bonchev–Trinajstić information content (AvgIpc) is 2.43. The molecular weight excluding hydrogens is 403 g/mol. The number of nitrogens with zero attached hydrogens (tertiary/aromatic N) is 2. The lowest BCUT2D eigenvalue weighted by Crippen LogP contribution is -2.02. The van der Waals surface area contributed by atoms with E-state index < -0.39 is 0 Å². The Labute approximate surface area is 142 Å². The highest BCUT2D eigenvalue weighted by molar-refractivity contribution is 14.1. The van der Waals surface area contributed by atoms with Crippen LogP contribution < -0.4 is 0 Å². The first-order valence-corrected chi connectivity index (χ1v) is 8.95. The summed E-state index contributed by atoms with van der Waals surface area (Å²) in [5.41, 5.74) is 2.34. The largest absolute Gasteiger partial charge is 0.236 e. The lowest BCUT2D eigenvalue weighted by atomic mass is 10.2. The van der Waals surface area contributed by atoms with Crippen molar-refractivity contribution in [2.45, 2.75) is 37.3 Å². The first-order chi connectivity index (χ1) is 9.61. The van der Waals surface area contributed by atoms with Gasteiger partial charge in [-0.1, -0.05) is 43.1 Å². The summed E-state index contributed by atoms with van der Waals surface area (Å²) >= 11 is 10.2. The molecule has 5 heteroatoms. The van der Waals surface area contributed by atoms with Gasteiger partial charge in [-0.25, -0.2) is 9.97 Å². The van der Waals surface area contributed by atoms with Gasteiger partial charge < -0.3 is 0 Å². The van der Waals surface area contributed by atoms with Crippen molar-refractivity contribution in [3.05, 3.63) is 50.1 Å². The molecule has 0 saturated carbocycles. The molecule has 0 radical (unpaired) electrons. The molecule has 0 fully saturated rings. The fourth-order valence-corrected chi connectivity index (χ4v) is 3.44. The van der Waals surface area contributed by atoms with Gasteiger partial charge in [-0.15, -0.1) is 11.8 Å². The smallest absolute Gasteiger partial charge is 0.146 e. The van der Waals surface area contributed by atoms with Crippen molar-refractivity contribution in [3.8, 4) is 0 Å². The van der Waals surface area contributed by atoms with Gasteiger partial charge in [0.1, 0.15) is 11.0 Å². The summed E-state index contributed by atoms with van der Waals surface area (Å²) in [6.07, 6.45) is 2.01. The van der Waals surface area contributed by atoms with E-state index in [1.165, 1.54) is 10.5 Å². The fourth-order valence-electron chi connectivity index (χ4n) is 1.84. The Balaban J connectivity index is 2.16. The molecule has 0 amide bonds. The van der Waals surface area contributed by atoms with Gasteiger partial charge in [-0.3, -0.25) is 0 Å². The normalized spacial score (nSPS) is 10.8. The Bertz CT molecular complexity index is 604. The van der Waals surface area contributed by atoms with Crippen LogP contribution >= 0.6 is 46.0 Å². The Kier molecular flexibility index (Phi) is 6.11. The molecule has 0 spiro atoms. The molecule has 0 aliphatic rings. The van der Waals surface area contributed by atoms with Crippen LogP contribution in [0.5, 0.6) is 0 Å². The van der Waals surface area contributed by atoms with Crippen LogP contribution in [0, 0.1) is 10.5 Å². The van der Waals surface area contributed by atoms with Crippen molar-refractivity contribution < 1.29 is 0 Å². The maximum Gasteiger partial charge on any atom is 0.146 e. The summed E-state index contributed by atoms with van der Waals surface area (Å²) in [7, 11) is 0. The molecule has 0 saturated heterocycles. The molecule has 1 aromatic carbocycles. The van der Waals surface area contributed by atoms with E-state index >= 15 is 0 Å². The van der Waals surface area contributed by atoms with Gasteiger partial charge in [0.2, 0.25) is 0 Å². The van der Waals surface area contributed by atoms with E-state index in [-0.39, 0.29) is 0 Å². The third-order valence-corrected chi connectivity index (χ3v) is 5.76. The molecule has 1 aromatic heterocycles. The van der Waals surface area contributed by atoms with Gasteiger partial charge in [-0.05, 0) is 47.6 Å². The van der Waals surface area contributed by atoms with Crippen molar-refractivity contribution in [2.24, 2.45) is 0 Å². The van der Waals surface area contributed by atoms with E-state index in [9.17, 15) is 0 Å². The average molecular weight is 419 g/mol. The summed E-state index contributed by atoms with van der Waals surface area (Å²) in [5, 5.41) is 0.574. The number of aromatic nitrogens is 2. The van der Waals surface area contributed by atoms with Gasteiger partial charge in [0, 0.05) is 4.90 Å². The van der Waals surface area contributed by atoms with Crippen LogP contribution in [0.15, 0.2) is 29.2 Å². The Hall–Kier alpha value is -0.330. The van der Waals surface area contributed by atoms with E-state index in [4.69, 9.17) is 11.6 Å². The molecule has 0 atom stereocenters. The van der Waals surface area contributed by atoms with Crippen molar-refractivity contribution in [1.82, 2.24) is 9.97 Å². The predicted octanol–water partition coefficient (Wildman–Crippen LogP) is 5.29. The number of benzene rings is 1. The highest BCUT2D eigenvalue weighted by atomic mass is 127. The maximum absolute atomic E-state index is 6.20. The van der Waals surface area contributed by atoms with Gasteiger partial charge in [0.15, 0.2) is 0 Å². The summed E-state index contributed by atoms with van der Waals surface area (Å²) in [5.74, 6) is 1.56. The van der Waals surface area contributed by atoms with Crippen molar-refractivity contribution in [1.29, 1.82) is 0 Å². The highest BCUT2D eigenvalue weighted by Gasteiger charge is 2.10. The standard InChI is InChI=1S/C15H16ClIN2S/c1-3-6-11-14(17)15(16)19-13(18-11)9-20-12-8-5-4-7-10(12)2/h4-5,7-8H,3,6,9H2,1-2H3. The molecule has 2 aromatic rings. The molecule has 0 aliphatic carbocycles. The van der Waals surface area contributed by atoms with Crippen molar-refractivity contribution in [3.63, 3.8) is 0 Å². The molecule has 106 valence electrons. The van der Waals surface area contributed by atoms with E-state index in [2.05, 4.69) is 70.7 Å². The van der Waals surface area contributed by atoms with Crippen LogP contribution in [-0.4, -0.2) is 9.97 Å². The van der Waals surface area contributed by atoms with Gasteiger partial charge in [0.25, 0.3) is 0 Å². The maximum atomic E-state index is 6.20. The van der Waals surface area contributed by atoms with Crippen molar-refractivity contribution in [2.75, 3.05) is 0 Å². The first kappa shape index (κ1) is 16.0. The van der Waals surface area contributed by atoms with Crippen LogP contribution in [0.2, 0.25) is 5.15 Å². The van der Waals surface area contributed by atoms with Crippen molar-refractivity contribution >= 4 is 46.0 Å². The third kappa shape index (κ3) is 4.09. The molecule has 2 nitrogen and oxygen atoms in total. The molecular formula is C15H16ClIN2S. The van der Waals surface area contributed by atoms with E-state index in [0.29, 0.717) is 5.15 Å². The molecule has 0 aliphatic heterocycles. The molecule has 0 unspecified atom stereocenters. The minimum atomic E-state index is 0.574. The topological polar surface area (TPSA) is 25.8 Å². The fraction of sp³-hybridized carbons (Fsp3) is 0.333. The Morgan fingerprint density at radius 2 is 2.00 bits per heavy atom. The SMILES string of the molecule is CCCc1nc(CSc2ccccc2C)nc(Cl)c1I. The second kappa shape index (κ2) is 7.61. The number of aryl methyl sites for hydroxylation is 2. The quantitative estimate of drug-likeness (QED) is 0.375. The minimum Gasteiger partial charge on any atom is -0.236 e. The number of rotatable bonds is 5. The van der Waals surface area contributed by atoms with Crippen LogP contribution in [0.25, 0.3) is 0 Å². The predicted molar refractivity (Wildman–Crippen MR) is 94.5 cm³/mol. The Morgan fingerprint density at radius 1 is 1.25 bits per heavy atom. The third-order valence-electron chi connectivity index (χ3n) is 2.86. The number of hydrogen-bond acceptors (Lipinski definition) is 3. The zero-order valence-corrected chi connectivity index (χ0v) is 15.2.